The summed E-state index contributed by atoms with van der Waals surface area (Å²) < 4.78 is 15.6. The monoisotopic (exact) mass is 511 g/mol. The topological polar surface area (TPSA) is 106 Å². The number of amides is 2. The lowest BCUT2D eigenvalue weighted by atomic mass is 9.97. The lowest BCUT2D eigenvalue weighted by Gasteiger charge is -2.33. The van der Waals surface area contributed by atoms with Crippen molar-refractivity contribution in [1.82, 2.24) is 10.9 Å². The molecule has 0 saturated carbocycles. The second kappa shape index (κ2) is 15.0. The van der Waals surface area contributed by atoms with E-state index in [1.54, 1.807) is 19.2 Å². The molecule has 3 rings (SSSR count). The van der Waals surface area contributed by atoms with Crippen molar-refractivity contribution in [1.29, 1.82) is 0 Å². The van der Waals surface area contributed by atoms with Crippen LogP contribution in [0.4, 0.5) is 5.69 Å². The van der Waals surface area contributed by atoms with E-state index in [0.29, 0.717) is 22.6 Å². The average molecular weight is 512 g/mol. The number of esters is 1. The van der Waals surface area contributed by atoms with Gasteiger partial charge in [-0.05, 0) is 86.6 Å². The Labute approximate surface area is 218 Å². The van der Waals surface area contributed by atoms with Gasteiger partial charge < -0.3 is 19.1 Å². The van der Waals surface area contributed by atoms with Gasteiger partial charge in [0.2, 0.25) is 0 Å². The van der Waals surface area contributed by atoms with Crippen LogP contribution in [0.25, 0.3) is 0 Å². The van der Waals surface area contributed by atoms with Crippen LogP contribution >= 0.6 is 0 Å². The molecule has 2 N–H and O–H groups in total. The third-order valence-electron chi connectivity index (χ3n) is 6.46. The Bertz CT molecular complexity index is 1000. The van der Waals surface area contributed by atoms with Crippen LogP contribution in [0.1, 0.15) is 63.2 Å². The van der Waals surface area contributed by atoms with Crippen LogP contribution in [-0.2, 0) is 14.2 Å². The number of nitrogens with zero attached hydrogens (tertiary/aromatic N) is 1. The molecule has 2 aromatic rings. The second-order valence-corrected chi connectivity index (χ2v) is 9.08. The molecule has 9 heteroatoms. The summed E-state index contributed by atoms with van der Waals surface area (Å²) in [6.45, 7) is 4.36. The highest BCUT2D eigenvalue weighted by molar-refractivity contribution is 5.99. The van der Waals surface area contributed by atoms with E-state index in [4.69, 9.17) is 9.47 Å². The van der Waals surface area contributed by atoms with Crippen LogP contribution in [0, 0.1) is 5.92 Å². The highest BCUT2D eigenvalue weighted by atomic mass is 16.5. The van der Waals surface area contributed by atoms with Gasteiger partial charge in [0.1, 0.15) is 0 Å². The fraction of sp³-hybridized carbons (Fsp3) is 0.464. The number of piperidine rings is 1. The fourth-order valence-corrected chi connectivity index (χ4v) is 4.19. The van der Waals surface area contributed by atoms with Gasteiger partial charge >= 0.3 is 5.97 Å². The first kappa shape index (κ1) is 28.1. The van der Waals surface area contributed by atoms with Gasteiger partial charge in [0.15, 0.2) is 0 Å². The molecule has 200 valence electrons. The third-order valence-corrected chi connectivity index (χ3v) is 6.46. The van der Waals surface area contributed by atoms with E-state index in [-0.39, 0.29) is 0 Å². The van der Waals surface area contributed by atoms with Gasteiger partial charge in [0, 0.05) is 56.8 Å². The van der Waals surface area contributed by atoms with Crippen molar-refractivity contribution in [3.05, 3.63) is 65.2 Å². The maximum atomic E-state index is 12.5. The lowest BCUT2D eigenvalue weighted by Crippen LogP contribution is -2.41. The Morgan fingerprint density at radius 1 is 0.784 bits per heavy atom. The van der Waals surface area contributed by atoms with Gasteiger partial charge in [-0.1, -0.05) is 0 Å². The Balaban J connectivity index is 1.37. The standard InChI is InChI=1S/C28H37N3O6/c1-35-18-4-3-5-19-37-20-21-14-16-31(17-15-21)25-12-10-23(11-13-25)27(33)30-29-26(32)22-6-8-24(9-7-22)28(34)36-2/h6-13,21H,3-5,14-20H2,1-2H3,(H,29,32)(H,30,33). The molecular weight excluding hydrogens is 474 g/mol. The van der Waals surface area contributed by atoms with Crippen molar-refractivity contribution >= 4 is 23.5 Å². The number of anilines is 1. The average Bonchev–Trinajstić information content (AvgIpc) is 2.95. The summed E-state index contributed by atoms with van der Waals surface area (Å²) in [5, 5.41) is 0. The van der Waals surface area contributed by atoms with Crippen LogP contribution < -0.4 is 15.8 Å². The lowest BCUT2D eigenvalue weighted by molar-refractivity contribution is 0.0600. The Hall–Kier alpha value is -3.43. The van der Waals surface area contributed by atoms with Crippen LogP contribution in [0.3, 0.4) is 0 Å². The quantitative estimate of drug-likeness (QED) is 0.255. The van der Waals surface area contributed by atoms with E-state index in [9.17, 15) is 14.4 Å². The number of carbonyl (C=O) groups excluding carboxylic acids is 3. The largest absolute Gasteiger partial charge is 0.465 e. The van der Waals surface area contributed by atoms with Crippen molar-refractivity contribution in [2.45, 2.75) is 32.1 Å². The first-order valence-electron chi connectivity index (χ1n) is 12.7. The number of ether oxygens (including phenoxy) is 3. The molecule has 1 saturated heterocycles. The predicted molar refractivity (Wildman–Crippen MR) is 141 cm³/mol. The van der Waals surface area contributed by atoms with E-state index in [2.05, 4.69) is 20.5 Å². The smallest absolute Gasteiger partial charge is 0.337 e. The molecule has 1 aliphatic heterocycles. The molecule has 2 amide bonds. The highest BCUT2D eigenvalue weighted by Crippen LogP contribution is 2.24. The molecule has 0 aromatic heterocycles. The Kier molecular flexibility index (Phi) is 11.4. The zero-order chi connectivity index (χ0) is 26.5. The van der Waals surface area contributed by atoms with Crippen molar-refractivity contribution < 1.29 is 28.6 Å². The number of nitrogens with one attached hydrogen (secondary N) is 2. The SMILES string of the molecule is COCCCCCOCC1CCN(c2ccc(C(=O)NNC(=O)c3ccc(C(=O)OC)cc3)cc2)CC1. The number of unbranched alkanes of at least 4 members (excludes halogenated alkanes) is 2. The first-order chi connectivity index (χ1) is 18.0. The van der Waals surface area contributed by atoms with Crippen LogP contribution in [0.5, 0.6) is 0 Å². The predicted octanol–water partition coefficient (Wildman–Crippen LogP) is 3.60. The molecule has 0 aliphatic carbocycles. The van der Waals surface area contributed by atoms with Crippen molar-refractivity contribution in [3.63, 3.8) is 0 Å². The summed E-state index contributed by atoms with van der Waals surface area (Å²) in [5.74, 6) is -0.800. The molecule has 37 heavy (non-hydrogen) atoms. The summed E-state index contributed by atoms with van der Waals surface area (Å²) >= 11 is 0. The van der Waals surface area contributed by atoms with E-state index in [1.165, 1.54) is 31.4 Å². The van der Waals surface area contributed by atoms with Gasteiger partial charge in [-0.15, -0.1) is 0 Å². The van der Waals surface area contributed by atoms with E-state index < -0.39 is 17.8 Å². The number of methoxy groups -OCH3 is 2. The van der Waals surface area contributed by atoms with Crippen molar-refractivity contribution in [3.8, 4) is 0 Å². The Morgan fingerprint density at radius 2 is 1.32 bits per heavy atom. The van der Waals surface area contributed by atoms with Crippen LogP contribution in [0.15, 0.2) is 48.5 Å². The van der Waals surface area contributed by atoms with Gasteiger partial charge in [-0.25, -0.2) is 4.79 Å². The number of benzene rings is 2. The summed E-state index contributed by atoms with van der Waals surface area (Å²) in [5.41, 5.74) is 6.98. The molecule has 1 fully saturated rings. The highest BCUT2D eigenvalue weighted by Gasteiger charge is 2.20. The molecular formula is C28H37N3O6. The number of hydrazine groups is 1. The van der Waals surface area contributed by atoms with E-state index in [0.717, 1.165) is 70.7 Å². The minimum Gasteiger partial charge on any atom is -0.465 e. The molecule has 0 atom stereocenters. The van der Waals surface area contributed by atoms with E-state index >= 15 is 0 Å². The van der Waals surface area contributed by atoms with Crippen LogP contribution in [0.2, 0.25) is 0 Å². The normalized spacial score (nSPS) is 13.7. The van der Waals surface area contributed by atoms with Crippen LogP contribution in [-0.4, -0.2) is 64.9 Å². The maximum absolute atomic E-state index is 12.5. The molecule has 0 bridgehead atoms. The maximum Gasteiger partial charge on any atom is 0.337 e. The molecule has 0 radical (unpaired) electrons. The summed E-state index contributed by atoms with van der Waals surface area (Å²) in [4.78, 5) is 38.6. The molecule has 1 aliphatic rings. The minimum atomic E-state index is -0.487. The molecule has 9 nitrogen and oxygen atoms in total. The number of carbonyl (C=O) groups is 3. The van der Waals surface area contributed by atoms with Gasteiger partial charge in [0.05, 0.1) is 12.7 Å². The number of hydrogen-bond acceptors (Lipinski definition) is 7. The zero-order valence-electron chi connectivity index (χ0n) is 21.7. The second-order valence-electron chi connectivity index (χ2n) is 9.08. The first-order valence-corrected chi connectivity index (χ1v) is 12.7. The summed E-state index contributed by atoms with van der Waals surface area (Å²) in [6.07, 6.45) is 5.47. The van der Waals surface area contributed by atoms with Crippen molar-refractivity contribution in [2.75, 3.05) is 52.0 Å². The minimum absolute atomic E-state index is 0.305. The fourth-order valence-electron chi connectivity index (χ4n) is 4.19. The zero-order valence-corrected chi connectivity index (χ0v) is 21.7. The molecule has 0 spiro atoms. The van der Waals surface area contributed by atoms with Gasteiger partial charge in [0.25, 0.3) is 11.8 Å². The molecule has 1 heterocycles. The Morgan fingerprint density at radius 3 is 1.89 bits per heavy atom. The molecule has 2 aromatic carbocycles. The number of rotatable bonds is 12. The van der Waals surface area contributed by atoms with Crippen molar-refractivity contribution in [2.24, 2.45) is 5.92 Å². The summed E-state index contributed by atoms with van der Waals surface area (Å²) in [7, 11) is 3.02. The van der Waals surface area contributed by atoms with Gasteiger partial charge in [-0.3, -0.25) is 20.4 Å². The summed E-state index contributed by atoms with van der Waals surface area (Å²) in [6, 6.07) is 13.3. The third kappa shape index (κ3) is 8.87. The van der Waals surface area contributed by atoms with Gasteiger partial charge in [-0.2, -0.15) is 0 Å². The van der Waals surface area contributed by atoms with E-state index in [1.807, 2.05) is 12.1 Å². The number of hydrogen-bond donors (Lipinski definition) is 2. The molecule has 0 unspecified atom stereocenters.